The van der Waals surface area contributed by atoms with Gasteiger partial charge in [-0.15, -0.1) is 0 Å². The number of amides is 6. The molecule has 15 heteroatoms. The Morgan fingerprint density at radius 3 is 2.08 bits per heavy atom. The fraction of sp³-hybridized carbons (Fsp3) is 0.444. The van der Waals surface area contributed by atoms with E-state index in [2.05, 4.69) is 20.0 Å². The van der Waals surface area contributed by atoms with E-state index >= 15 is 0 Å². The Morgan fingerprint density at radius 1 is 0.767 bits per heavy atom. The lowest BCUT2D eigenvalue weighted by atomic mass is 9.95. The lowest BCUT2D eigenvalue weighted by Crippen LogP contribution is -2.54. The molecule has 6 aliphatic heterocycles. The molecular weight excluding hydrogens is 786 g/mol. The maximum Gasteiger partial charge on any atom is 0.262 e. The van der Waals surface area contributed by atoms with Gasteiger partial charge < -0.3 is 19.4 Å². The van der Waals surface area contributed by atoms with E-state index in [1.807, 2.05) is 15.9 Å². The van der Waals surface area contributed by atoms with Gasteiger partial charge in [-0.3, -0.25) is 43.9 Å². The third-order valence-corrected chi connectivity index (χ3v) is 13.5. The minimum absolute atomic E-state index is 0.0129. The van der Waals surface area contributed by atoms with Crippen molar-refractivity contribution in [3.05, 3.63) is 99.4 Å². The number of piperazine rings is 1. The van der Waals surface area contributed by atoms with Crippen LogP contribution in [0.15, 0.2) is 60.7 Å². The Hall–Kier alpha value is -5.78. The van der Waals surface area contributed by atoms with Gasteiger partial charge in [0, 0.05) is 94.0 Å². The maximum atomic E-state index is 13.7. The smallest absolute Gasteiger partial charge is 0.262 e. The van der Waals surface area contributed by atoms with Gasteiger partial charge in [0.25, 0.3) is 23.6 Å². The lowest BCUT2D eigenvalue weighted by molar-refractivity contribution is -0.136. The van der Waals surface area contributed by atoms with Gasteiger partial charge in [-0.1, -0.05) is 17.7 Å². The van der Waals surface area contributed by atoms with Crippen LogP contribution in [0.1, 0.15) is 92.8 Å². The van der Waals surface area contributed by atoms with Crippen LogP contribution in [0.3, 0.4) is 0 Å². The van der Waals surface area contributed by atoms with Crippen LogP contribution in [0.5, 0.6) is 5.75 Å². The third-order valence-electron chi connectivity index (χ3n) is 13.2. The number of rotatable bonds is 8. The number of imide groups is 2. The van der Waals surface area contributed by atoms with Crippen molar-refractivity contribution in [2.24, 2.45) is 5.92 Å². The minimum atomic E-state index is -0.985. The summed E-state index contributed by atoms with van der Waals surface area (Å²) in [7, 11) is 0. The van der Waals surface area contributed by atoms with Gasteiger partial charge in [0.05, 0.1) is 22.7 Å². The molecule has 3 aromatic rings. The van der Waals surface area contributed by atoms with Gasteiger partial charge in [0.2, 0.25) is 17.5 Å². The lowest BCUT2D eigenvalue weighted by Gasteiger charge is -2.39. The number of piperidine rings is 3. The van der Waals surface area contributed by atoms with Gasteiger partial charge in [0.1, 0.15) is 17.9 Å². The second-order valence-electron chi connectivity index (χ2n) is 16.8. The number of nitrogens with one attached hydrogen (secondary N) is 1. The summed E-state index contributed by atoms with van der Waals surface area (Å²) in [5.74, 6) is -0.935. The molecule has 6 heterocycles. The van der Waals surface area contributed by atoms with Crippen molar-refractivity contribution in [1.29, 1.82) is 0 Å². The molecule has 3 aromatic carbocycles. The van der Waals surface area contributed by atoms with Crippen LogP contribution in [-0.2, 0) is 9.59 Å². The highest BCUT2D eigenvalue weighted by atomic mass is 35.5. The molecule has 6 amide bonds. The van der Waals surface area contributed by atoms with Crippen molar-refractivity contribution < 1.29 is 33.5 Å². The van der Waals surface area contributed by atoms with E-state index in [1.165, 1.54) is 0 Å². The van der Waals surface area contributed by atoms with Crippen molar-refractivity contribution >= 4 is 58.4 Å². The molecule has 6 aliphatic rings. The molecule has 60 heavy (non-hydrogen) atoms. The number of carbonyl (C=O) groups excluding carboxylic acids is 6. The highest BCUT2D eigenvalue weighted by Crippen LogP contribution is 2.39. The molecule has 9 rings (SSSR count). The maximum absolute atomic E-state index is 13.7. The molecule has 3 unspecified atom stereocenters. The van der Waals surface area contributed by atoms with Crippen molar-refractivity contribution in [2.45, 2.75) is 75.6 Å². The number of halogens is 1. The van der Waals surface area contributed by atoms with Gasteiger partial charge in [-0.05, 0) is 92.6 Å². The monoisotopic (exact) mass is 831 g/mol. The van der Waals surface area contributed by atoms with E-state index in [1.54, 1.807) is 54.6 Å². The number of anilines is 1. The Morgan fingerprint density at radius 2 is 1.43 bits per heavy atom. The number of benzene rings is 3. The quantitative estimate of drug-likeness (QED) is 0.240. The molecular formula is C45H46ClN7O7. The number of hydrogen-bond donors (Lipinski definition) is 1. The molecule has 0 spiro atoms. The predicted octanol–water partition coefficient (Wildman–Crippen LogP) is 5.18. The number of nitrogens with zero attached hydrogens (tertiary/aromatic N) is 6. The molecule has 5 saturated heterocycles. The molecule has 0 saturated carbocycles. The van der Waals surface area contributed by atoms with Crippen LogP contribution in [0.4, 0.5) is 11.4 Å². The Balaban J connectivity index is 0.725. The molecule has 5 fully saturated rings. The number of carbonyl (C=O) groups is 6. The summed E-state index contributed by atoms with van der Waals surface area (Å²) in [4.78, 5) is 90.8. The standard InChI is InChI=1S/C45H46ClN7O7/c1-47-38-11-9-33(25-37(38)46)60-34-22-31-6-7-32(23-34)52(31)43(57)29-4-2-28(3-5-29)42(56)51-20-18-49(19-21-51)26-27-14-16-50(17-15-27)30-8-10-35-36(24-30)45(59)53(44(35)58)39-12-13-40(54)48-41(39)55/h2-5,8-11,24-25,27,31-32,34,39H,6-7,12-23,26H2,(H,48,54,55). The van der Waals surface area contributed by atoms with Crippen molar-refractivity contribution in [3.8, 4) is 5.75 Å². The van der Waals surface area contributed by atoms with Crippen molar-refractivity contribution in [1.82, 2.24) is 24.9 Å². The first-order valence-electron chi connectivity index (χ1n) is 20.9. The summed E-state index contributed by atoms with van der Waals surface area (Å²) in [5.41, 5.74) is 2.99. The fourth-order valence-electron chi connectivity index (χ4n) is 10.0. The van der Waals surface area contributed by atoms with Gasteiger partial charge in [-0.25, -0.2) is 4.85 Å². The van der Waals surface area contributed by atoms with E-state index < -0.39 is 29.7 Å². The summed E-state index contributed by atoms with van der Waals surface area (Å²) in [6.45, 7) is 12.6. The molecule has 0 aromatic heterocycles. The normalized spacial score (nSPS) is 24.7. The zero-order valence-electron chi connectivity index (χ0n) is 33.2. The largest absolute Gasteiger partial charge is 0.490 e. The topological polar surface area (TPSA) is 144 Å². The van der Waals surface area contributed by atoms with E-state index in [-0.39, 0.29) is 48.4 Å². The van der Waals surface area contributed by atoms with Gasteiger partial charge in [-0.2, -0.15) is 0 Å². The molecule has 1 N–H and O–H groups in total. The second-order valence-corrected chi connectivity index (χ2v) is 17.2. The molecule has 14 nitrogen and oxygen atoms in total. The van der Waals surface area contributed by atoms with Crippen LogP contribution in [0, 0.1) is 12.5 Å². The van der Waals surface area contributed by atoms with E-state index in [4.69, 9.17) is 22.9 Å². The highest BCUT2D eigenvalue weighted by Gasteiger charge is 2.46. The number of ether oxygens (including phenoxy) is 1. The summed E-state index contributed by atoms with van der Waals surface area (Å²) in [6.07, 6.45) is 5.41. The summed E-state index contributed by atoms with van der Waals surface area (Å²) < 4.78 is 6.25. The number of hydrogen-bond acceptors (Lipinski definition) is 9. The van der Waals surface area contributed by atoms with Crippen LogP contribution >= 0.6 is 11.6 Å². The van der Waals surface area contributed by atoms with E-state index in [0.717, 1.165) is 81.8 Å². The van der Waals surface area contributed by atoms with Crippen LogP contribution in [0.2, 0.25) is 5.02 Å². The average Bonchev–Trinajstić information content (AvgIpc) is 3.67. The van der Waals surface area contributed by atoms with Gasteiger partial charge >= 0.3 is 0 Å². The first-order valence-corrected chi connectivity index (χ1v) is 21.3. The van der Waals surface area contributed by atoms with Crippen LogP contribution in [0.25, 0.3) is 4.85 Å². The van der Waals surface area contributed by atoms with Crippen molar-refractivity contribution in [3.63, 3.8) is 0 Å². The average molecular weight is 832 g/mol. The summed E-state index contributed by atoms with van der Waals surface area (Å²) >= 11 is 6.22. The molecule has 0 aliphatic carbocycles. The van der Waals surface area contributed by atoms with Crippen LogP contribution in [-0.4, -0.2) is 125 Å². The third kappa shape index (κ3) is 7.60. The second kappa shape index (κ2) is 16.3. The zero-order valence-corrected chi connectivity index (χ0v) is 33.9. The SMILES string of the molecule is [C-]#[N+]c1ccc(OC2CC3CCC(C2)N3C(=O)c2ccc(C(=O)N3CCN(CC4CCN(c5ccc6c(c5)C(=O)N(C5CCC(=O)NC5=O)C6=O)CC4)CC3)cc2)cc1Cl. The van der Waals surface area contributed by atoms with Crippen molar-refractivity contribution in [2.75, 3.05) is 50.7 Å². The molecule has 310 valence electrons. The summed E-state index contributed by atoms with van der Waals surface area (Å²) in [5, 5.41) is 2.61. The first-order chi connectivity index (χ1) is 29.0. The van der Waals surface area contributed by atoms with Crippen LogP contribution < -0.4 is 15.0 Å². The molecule has 3 atom stereocenters. The van der Waals surface area contributed by atoms with E-state index in [0.29, 0.717) is 52.2 Å². The highest BCUT2D eigenvalue weighted by molar-refractivity contribution is 6.33. The fourth-order valence-corrected chi connectivity index (χ4v) is 10.2. The predicted molar refractivity (Wildman–Crippen MR) is 221 cm³/mol. The number of fused-ring (bicyclic) bond motifs is 3. The van der Waals surface area contributed by atoms with E-state index in [9.17, 15) is 28.8 Å². The molecule has 0 radical (unpaired) electrons. The molecule has 2 bridgehead atoms. The Labute approximate surface area is 353 Å². The van der Waals surface area contributed by atoms with Gasteiger partial charge in [0.15, 0.2) is 0 Å². The Bertz CT molecular complexity index is 2280. The minimum Gasteiger partial charge on any atom is -0.490 e. The summed E-state index contributed by atoms with van der Waals surface area (Å²) in [6, 6.07) is 16.7. The first kappa shape index (κ1) is 39.7. The Kier molecular flexibility index (Phi) is 10.8. The zero-order chi connectivity index (χ0) is 41.7.